The van der Waals surface area contributed by atoms with Gasteiger partial charge in [-0.15, -0.1) is 0 Å². The van der Waals surface area contributed by atoms with E-state index in [-0.39, 0.29) is 14.7 Å². The quantitative estimate of drug-likeness (QED) is 0.572. The van der Waals surface area contributed by atoms with Crippen LogP contribution in [0.25, 0.3) is 0 Å². The Bertz CT molecular complexity index is 1240. The van der Waals surface area contributed by atoms with Crippen LogP contribution >= 0.6 is 0 Å². The predicted molar refractivity (Wildman–Crippen MR) is 109 cm³/mol. The fraction of sp³-hybridized carbons (Fsp3) is 0.100. The summed E-state index contributed by atoms with van der Waals surface area (Å²) < 4.78 is 77.1. The van der Waals surface area contributed by atoms with E-state index < -0.39 is 33.4 Å². The summed E-state index contributed by atoms with van der Waals surface area (Å²) in [5.74, 6) is 0. The Morgan fingerprint density at radius 3 is 1.14 bits per heavy atom. The minimum atomic E-state index is -4.81. The van der Waals surface area contributed by atoms with Crippen LogP contribution in [0, 0.1) is 6.92 Å². The lowest BCUT2D eigenvalue weighted by atomic mass is 10.2. The second-order valence-electron chi connectivity index (χ2n) is 6.36. The minimum absolute atomic E-state index is 0.382. The molecule has 0 N–H and O–H groups in total. The molecule has 6 nitrogen and oxygen atoms in total. The molecule has 29 heavy (non-hydrogen) atoms. The second-order valence-corrected chi connectivity index (χ2v) is 13.4. The molecule has 0 unspecified atom stereocenters. The van der Waals surface area contributed by atoms with Crippen molar-refractivity contribution in [1.29, 1.82) is 0 Å². The second kappa shape index (κ2) is 7.74. The number of rotatable bonds is 6. The van der Waals surface area contributed by atoms with Gasteiger partial charge in [0.25, 0.3) is 3.91 Å². The Hall–Kier alpha value is -2.49. The average Bonchev–Trinajstić information content (AvgIpc) is 2.69. The number of aryl methyl sites for hydroxylation is 1. The van der Waals surface area contributed by atoms with Gasteiger partial charge in [-0.2, -0.15) is 0 Å². The largest absolute Gasteiger partial charge is 0.275 e. The van der Waals surface area contributed by atoms with Crippen LogP contribution in [0.2, 0.25) is 0 Å². The van der Waals surface area contributed by atoms with E-state index in [0.29, 0.717) is 0 Å². The molecule has 0 fully saturated rings. The number of benzene rings is 3. The van der Waals surface area contributed by atoms with E-state index in [4.69, 9.17) is 0 Å². The first-order valence-corrected chi connectivity index (χ1v) is 13.1. The molecule has 0 saturated heterocycles. The van der Waals surface area contributed by atoms with Crippen LogP contribution in [0.1, 0.15) is 5.56 Å². The highest BCUT2D eigenvalue weighted by molar-refractivity contribution is 8.24. The van der Waals surface area contributed by atoms with Crippen molar-refractivity contribution in [2.45, 2.75) is 25.5 Å². The van der Waals surface area contributed by atoms with Gasteiger partial charge in [-0.1, -0.05) is 54.1 Å². The summed E-state index contributed by atoms with van der Waals surface area (Å²) in [5.41, 5.74) is 0.748. The van der Waals surface area contributed by atoms with Crippen molar-refractivity contribution in [3.05, 3.63) is 90.5 Å². The first-order valence-electron chi connectivity index (χ1n) is 8.46. The number of hydrogen-bond acceptors (Lipinski definition) is 6. The molecule has 3 rings (SSSR count). The van der Waals surface area contributed by atoms with Gasteiger partial charge < -0.3 is 0 Å². The molecule has 0 aromatic heterocycles. The Morgan fingerprint density at radius 2 is 0.793 bits per heavy atom. The van der Waals surface area contributed by atoms with Crippen LogP contribution < -0.4 is 0 Å². The van der Waals surface area contributed by atoms with E-state index >= 15 is 0 Å². The van der Waals surface area contributed by atoms with Gasteiger partial charge in [0, 0.05) is 0 Å². The van der Waals surface area contributed by atoms with Crippen LogP contribution in [-0.2, 0) is 29.5 Å². The molecule has 0 aliphatic rings. The summed E-state index contributed by atoms with van der Waals surface area (Å²) in [6.07, 6.45) is 0. The van der Waals surface area contributed by atoms with Gasteiger partial charge in [0.05, 0.1) is 14.7 Å². The van der Waals surface area contributed by atoms with Gasteiger partial charge in [0.1, 0.15) is 0 Å². The smallest absolute Gasteiger partial charge is 0.221 e. The molecule has 9 heteroatoms. The molecular weight excluding hydrogens is 432 g/mol. The van der Waals surface area contributed by atoms with Crippen LogP contribution in [0.4, 0.5) is 0 Å². The summed E-state index contributed by atoms with van der Waals surface area (Å²) in [6.45, 7) is 1.73. The zero-order valence-corrected chi connectivity index (χ0v) is 17.8. The zero-order valence-electron chi connectivity index (χ0n) is 15.3. The van der Waals surface area contributed by atoms with Gasteiger partial charge in [-0.05, 0) is 43.3 Å². The van der Waals surface area contributed by atoms with Gasteiger partial charge in [0.15, 0.2) is 0 Å². The van der Waals surface area contributed by atoms with Crippen molar-refractivity contribution in [3.63, 3.8) is 0 Å². The Morgan fingerprint density at radius 1 is 0.483 bits per heavy atom. The molecule has 0 atom stereocenters. The SMILES string of the molecule is Cc1ccc(S(=O)(=O)C(S(=O)(=O)c2ccccc2)S(=O)(=O)c2ccccc2)cc1. The standard InChI is InChI=1S/C20H18O6S3/c1-16-12-14-19(15-13-16)29(25,26)20(27(21,22)17-8-4-2-5-9-17)28(23,24)18-10-6-3-7-11-18/h2-15,20H,1H3. The molecule has 0 amide bonds. The molecule has 0 heterocycles. The average molecular weight is 451 g/mol. The number of sulfone groups is 3. The van der Waals surface area contributed by atoms with E-state index in [2.05, 4.69) is 0 Å². The van der Waals surface area contributed by atoms with Crippen molar-refractivity contribution in [2.24, 2.45) is 0 Å². The fourth-order valence-corrected chi connectivity index (χ4v) is 11.0. The van der Waals surface area contributed by atoms with Crippen LogP contribution in [-0.4, -0.2) is 29.2 Å². The summed E-state index contributed by atoms with van der Waals surface area (Å²) >= 11 is 0. The van der Waals surface area contributed by atoms with Crippen LogP contribution in [0.5, 0.6) is 0 Å². The highest BCUT2D eigenvalue weighted by Gasteiger charge is 2.50. The van der Waals surface area contributed by atoms with Gasteiger partial charge in [-0.25, -0.2) is 25.3 Å². The third-order valence-corrected chi connectivity index (χ3v) is 13.1. The van der Waals surface area contributed by atoms with Crippen molar-refractivity contribution < 1.29 is 25.3 Å². The van der Waals surface area contributed by atoms with Crippen molar-refractivity contribution in [1.82, 2.24) is 0 Å². The number of hydrogen-bond donors (Lipinski definition) is 0. The Kier molecular flexibility index (Phi) is 5.66. The van der Waals surface area contributed by atoms with Crippen molar-refractivity contribution >= 4 is 29.5 Å². The Labute approximate surface area is 170 Å². The summed E-state index contributed by atoms with van der Waals surface area (Å²) in [5, 5.41) is 0. The monoisotopic (exact) mass is 450 g/mol. The lowest BCUT2D eigenvalue weighted by Crippen LogP contribution is -2.38. The first kappa shape index (κ1) is 21.2. The maximum absolute atomic E-state index is 13.3. The van der Waals surface area contributed by atoms with E-state index in [9.17, 15) is 25.3 Å². The first-order chi connectivity index (χ1) is 13.6. The molecule has 0 aliphatic carbocycles. The molecule has 3 aromatic carbocycles. The molecule has 0 aliphatic heterocycles. The molecule has 3 aromatic rings. The molecule has 0 spiro atoms. The summed E-state index contributed by atoms with van der Waals surface area (Å²) in [4.78, 5) is -1.16. The van der Waals surface area contributed by atoms with Crippen molar-refractivity contribution in [3.8, 4) is 0 Å². The highest BCUT2D eigenvalue weighted by atomic mass is 32.3. The maximum atomic E-state index is 13.3. The van der Waals surface area contributed by atoms with Crippen LogP contribution in [0.15, 0.2) is 99.6 Å². The van der Waals surface area contributed by atoms with Gasteiger partial charge >= 0.3 is 0 Å². The normalized spacial score (nSPS) is 12.8. The Balaban J connectivity index is 2.33. The van der Waals surface area contributed by atoms with E-state index in [0.717, 1.165) is 5.56 Å². The maximum Gasteiger partial charge on any atom is 0.275 e. The van der Waals surface area contributed by atoms with E-state index in [1.54, 1.807) is 19.1 Å². The topological polar surface area (TPSA) is 102 Å². The third kappa shape index (κ3) is 3.98. The van der Waals surface area contributed by atoms with Gasteiger partial charge in [0.2, 0.25) is 29.5 Å². The summed E-state index contributed by atoms with van der Waals surface area (Å²) in [6, 6.07) is 18.8. The molecule has 0 radical (unpaired) electrons. The highest BCUT2D eigenvalue weighted by Crippen LogP contribution is 2.33. The lowest BCUT2D eigenvalue weighted by molar-refractivity contribution is 0.573. The van der Waals surface area contributed by atoms with E-state index in [1.807, 2.05) is 0 Å². The van der Waals surface area contributed by atoms with E-state index in [1.165, 1.54) is 72.8 Å². The lowest BCUT2D eigenvalue weighted by Gasteiger charge is -2.19. The summed E-state index contributed by atoms with van der Waals surface area (Å²) in [7, 11) is -14.4. The predicted octanol–water partition coefficient (Wildman–Crippen LogP) is 3.00. The molecule has 0 saturated carbocycles. The molecule has 152 valence electrons. The fourth-order valence-electron chi connectivity index (χ4n) is 2.78. The van der Waals surface area contributed by atoms with Crippen molar-refractivity contribution in [2.75, 3.05) is 0 Å². The van der Waals surface area contributed by atoms with Gasteiger partial charge in [-0.3, -0.25) is 0 Å². The zero-order chi connectivity index (χ0) is 21.3. The third-order valence-electron chi connectivity index (χ3n) is 4.25. The molecular formula is C20H18O6S3. The van der Waals surface area contributed by atoms with Crippen LogP contribution in [0.3, 0.4) is 0 Å². The molecule has 0 bridgehead atoms. The minimum Gasteiger partial charge on any atom is -0.221 e.